The Labute approximate surface area is 131 Å². The highest BCUT2D eigenvalue weighted by Crippen LogP contribution is 2.27. The molecule has 10 heteroatoms. The number of sulfone groups is 1. The molecule has 2 N–H and O–H groups in total. The van der Waals surface area contributed by atoms with Gasteiger partial charge in [0.25, 0.3) is 0 Å². The minimum Gasteiger partial charge on any atom is -0.494 e. The van der Waals surface area contributed by atoms with E-state index >= 15 is 0 Å². The summed E-state index contributed by atoms with van der Waals surface area (Å²) in [5.41, 5.74) is 6.57. The average molecular weight is 339 g/mol. The first-order valence-electron chi connectivity index (χ1n) is 6.64. The van der Waals surface area contributed by atoms with E-state index in [-0.39, 0.29) is 23.9 Å². The third-order valence-corrected chi connectivity index (χ3v) is 4.26. The predicted octanol–water partition coefficient (Wildman–Crippen LogP) is 0.595. The summed E-state index contributed by atoms with van der Waals surface area (Å²) in [7, 11) is -1.79. The molecule has 0 aliphatic rings. The third-order valence-electron chi connectivity index (χ3n) is 3.31. The Hall–Kier alpha value is -2.49. The Bertz CT molecular complexity index is 1020. The maximum Gasteiger partial charge on any atom is 0.223 e. The summed E-state index contributed by atoms with van der Waals surface area (Å²) in [4.78, 5) is 8.41. The number of hydrogen-bond acceptors (Lipinski definition) is 7. The topological polar surface area (TPSA) is 112 Å². The lowest BCUT2D eigenvalue weighted by Gasteiger charge is -2.05. The molecule has 122 valence electrons. The van der Waals surface area contributed by atoms with E-state index in [4.69, 9.17) is 10.5 Å². The van der Waals surface area contributed by atoms with E-state index in [0.717, 1.165) is 6.26 Å². The van der Waals surface area contributed by atoms with Crippen LogP contribution in [0, 0.1) is 5.82 Å². The molecule has 0 aliphatic heterocycles. The zero-order valence-corrected chi connectivity index (χ0v) is 13.3. The number of nitrogen functional groups attached to an aromatic ring is 1. The molecule has 0 saturated heterocycles. The zero-order chi connectivity index (χ0) is 16.8. The van der Waals surface area contributed by atoms with Crippen molar-refractivity contribution < 1.29 is 17.5 Å². The van der Waals surface area contributed by atoms with Crippen LogP contribution in [0.15, 0.2) is 12.1 Å². The number of methoxy groups -OCH3 is 1. The zero-order valence-electron chi connectivity index (χ0n) is 12.4. The first kappa shape index (κ1) is 15.4. The number of hydrogen-bond donors (Lipinski definition) is 1. The number of benzene rings is 1. The summed E-state index contributed by atoms with van der Waals surface area (Å²) in [6, 6.07) is 2.66. The highest BCUT2D eigenvalue weighted by Gasteiger charge is 2.16. The summed E-state index contributed by atoms with van der Waals surface area (Å²) in [5, 5.41) is 4.55. The van der Waals surface area contributed by atoms with Crippen LogP contribution in [0.25, 0.3) is 16.6 Å². The quantitative estimate of drug-likeness (QED) is 0.740. The van der Waals surface area contributed by atoms with Crippen LogP contribution in [0.3, 0.4) is 0 Å². The minimum absolute atomic E-state index is 0.0468. The van der Waals surface area contributed by atoms with Crippen molar-refractivity contribution in [2.45, 2.75) is 6.42 Å². The van der Waals surface area contributed by atoms with Gasteiger partial charge in [-0.05, 0) is 6.07 Å². The molecular weight excluding hydrogens is 325 g/mol. The molecule has 0 fully saturated rings. The van der Waals surface area contributed by atoms with Crippen LogP contribution in [0.4, 0.5) is 10.3 Å². The molecular formula is C13H14FN5O3S. The third kappa shape index (κ3) is 2.89. The molecule has 2 aromatic heterocycles. The van der Waals surface area contributed by atoms with Gasteiger partial charge < -0.3 is 10.5 Å². The van der Waals surface area contributed by atoms with Crippen molar-refractivity contribution in [2.24, 2.45) is 0 Å². The molecule has 23 heavy (non-hydrogen) atoms. The number of fused-ring (bicyclic) bond motifs is 3. The van der Waals surface area contributed by atoms with Gasteiger partial charge >= 0.3 is 0 Å². The number of nitrogens with two attached hydrogens (primary N) is 1. The van der Waals surface area contributed by atoms with Crippen molar-refractivity contribution in [3.63, 3.8) is 0 Å². The summed E-state index contributed by atoms with van der Waals surface area (Å²) in [6.45, 7) is 0. The fourth-order valence-electron chi connectivity index (χ4n) is 2.21. The van der Waals surface area contributed by atoms with E-state index in [0.29, 0.717) is 22.4 Å². The van der Waals surface area contributed by atoms with Crippen molar-refractivity contribution >= 4 is 32.3 Å². The largest absolute Gasteiger partial charge is 0.494 e. The van der Waals surface area contributed by atoms with Gasteiger partial charge in [0.2, 0.25) is 5.95 Å². The van der Waals surface area contributed by atoms with Crippen LogP contribution >= 0.6 is 0 Å². The normalized spacial score (nSPS) is 12.1. The standard InChI is InChI=1S/C13H14FN5O3S/c1-22-10-6-9-7(5-8(10)14)12-17-11(3-4-23(2,20)21)18-19(12)13(15)16-9/h5-6H,3-4H2,1-2H3,(H2,15,16). The summed E-state index contributed by atoms with van der Waals surface area (Å²) in [6.07, 6.45) is 1.27. The molecule has 0 atom stereocenters. The van der Waals surface area contributed by atoms with Gasteiger partial charge in [0.05, 0.1) is 18.4 Å². The monoisotopic (exact) mass is 339 g/mol. The van der Waals surface area contributed by atoms with E-state index in [9.17, 15) is 12.8 Å². The van der Waals surface area contributed by atoms with Crippen LogP contribution in [0.5, 0.6) is 5.75 Å². The molecule has 2 heterocycles. The summed E-state index contributed by atoms with van der Waals surface area (Å²) < 4.78 is 42.6. The Kier molecular flexibility index (Phi) is 3.55. The Morgan fingerprint density at radius 1 is 1.35 bits per heavy atom. The Morgan fingerprint density at radius 2 is 2.09 bits per heavy atom. The second-order valence-electron chi connectivity index (χ2n) is 5.12. The molecule has 3 rings (SSSR count). The second-order valence-corrected chi connectivity index (χ2v) is 7.38. The van der Waals surface area contributed by atoms with E-state index in [2.05, 4.69) is 15.1 Å². The SMILES string of the molecule is COc1cc2nc(N)n3nc(CCS(C)(=O)=O)nc3c2cc1F. The van der Waals surface area contributed by atoms with E-state index in [1.165, 1.54) is 23.8 Å². The number of ether oxygens (including phenoxy) is 1. The number of anilines is 1. The maximum absolute atomic E-state index is 13.9. The van der Waals surface area contributed by atoms with Gasteiger partial charge in [-0.1, -0.05) is 0 Å². The van der Waals surface area contributed by atoms with Gasteiger partial charge in [-0.25, -0.2) is 22.8 Å². The molecule has 0 spiro atoms. The first-order chi connectivity index (χ1) is 10.8. The lowest BCUT2D eigenvalue weighted by Crippen LogP contribution is -2.07. The number of aromatic nitrogens is 4. The number of rotatable bonds is 4. The molecule has 1 aromatic carbocycles. The molecule has 8 nitrogen and oxygen atoms in total. The Balaban J connectivity index is 2.18. The predicted molar refractivity (Wildman–Crippen MR) is 82.6 cm³/mol. The van der Waals surface area contributed by atoms with E-state index in [1.54, 1.807) is 0 Å². The number of aryl methyl sites for hydroxylation is 1. The first-order valence-corrected chi connectivity index (χ1v) is 8.70. The van der Waals surface area contributed by atoms with Crippen molar-refractivity contribution in [3.05, 3.63) is 23.8 Å². The second kappa shape index (κ2) is 5.30. The Morgan fingerprint density at radius 3 is 2.74 bits per heavy atom. The van der Waals surface area contributed by atoms with Crippen molar-refractivity contribution in [1.82, 2.24) is 19.6 Å². The molecule has 0 amide bonds. The average Bonchev–Trinajstić information content (AvgIpc) is 2.90. The van der Waals surface area contributed by atoms with E-state index < -0.39 is 15.7 Å². The molecule has 3 aromatic rings. The molecule has 0 saturated carbocycles. The van der Waals surface area contributed by atoms with Crippen molar-refractivity contribution in [1.29, 1.82) is 0 Å². The van der Waals surface area contributed by atoms with Gasteiger partial charge in [-0.2, -0.15) is 4.52 Å². The van der Waals surface area contributed by atoms with Gasteiger partial charge in [-0.3, -0.25) is 0 Å². The van der Waals surface area contributed by atoms with Crippen LogP contribution in [-0.2, 0) is 16.3 Å². The van der Waals surface area contributed by atoms with Crippen molar-refractivity contribution in [2.75, 3.05) is 24.9 Å². The number of halogens is 1. The maximum atomic E-state index is 13.9. The van der Waals surface area contributed by atoms with Crippen molar-refractivity contribution in [3.8, 4) is 5.75 Å². The highest BCUT2D eigenvalue weighted by molar-refractivity contribution is 7.90. The van der Waals surface area contributed by atoms with Gasteiger partial charge in [-0.15, -0.1) is 5.10 Å². The highest BCUT2D eigenvalue weighted by atomic mass is 32.2. The minimum atomic E-state index is -3.14. The fourth-order valence-corrected chi connectivity index (χ4v) is 2.77. The lowest BCUT2D eigenvalue weighted by molar-refractivity contribution is 0.387. The van der Waals surface area contributed by atoms with Gasteiger partial charge in [0, 0.05) is 24.1 Å². The molecule has 0 radical (unpaired) electrons. The van der Waals surface area contributed by atoms with Crippen LogP contribution in [0.2, 0.25) is 0 Å². The molecule has 0 unspecified atom stereocenters. The fraction of sp³-hybridized carbons (Fsp3) is 0.308. The number of nitrogens with zero attached hydrogens (tertiary/aromatic N) is 4. The molecule has 0 aliphatic carbocycles. The van der Waals surface area contributed by atoms with Gasteiger partial charge in [0.15, 0.2) is 23.0 Å². The van der Waals surface area contributed by atoms with E-state index in [1.807, 2.05) is 0 Å². The summed E-state index contributed by atoms with van der Waals surface area (Å²) in [5.74, 6) is -0.233. The molecule has 0 bridgehead atoms. The van der Waals surface area contributed by atoms with Crippen LogP contribution in [-0.4, -0.2) is 47.1 Å². The van der Waals surface area contributed by atoms with Gasteiger partial charge in [0.1, 0.15) is 9.84 Å². The summed E-state index contributed by atoms with van der Waals surface area (Å²) >= 11 is 0. The van der Waals surface area contributed by atoms with Crippen LogP contribution < -0.4 is 10.5 Å². The smallest absolute Gasteiger partial charge is 0.223 e. The lowest BCUT2D eigenvalue weighted by atomic mass is 10.2. The van der Waals surface area contributed by atoms with Crippen LogP contribution in [0.1, 0.15) is 5.82 Å².